The molecule has 0 fully saturated rings. The van der Waals surface area contributed by atoms with E-state index in [4.69, 9.17) is 16.0 Å². The lowest BCUT2D eigenvalue weighted by Crippen LogP contribution is -1.93. The second-order valence-electron chi connectivity index (χ2n) is 4.63. The topological polar surface area (TPSA) is 26.0 Å². The summed E-state index contributed by atoms with van der Waals surface area (Å²) in [5.41, 5.74) is 3.00. The third-order valence-corrected chi connectivity index (χ3v) is 4.97. The predicted molar refractivity (Wildman–Crippen MR) is 80.1 cm³/mol. The number of oxazole rings is 1. The lowest BCUT2D eigenvalue weighted by Gasteiger charge is -2.02. The van der Waals surface area contributed by atoms with E-state index >= 15 is 0 Å². The average Bonchev–Trinajstić information content (AvgIpc) is 2.93. The van der Waals surface area contributed by atoms with E-state index in [9.17, 15) is 0 Å². The summed E-state index contributed by atoms with van der Waals surface area (Å²) in [6.07, 6.45) is 0.621. The van der Waals surface area contributed by atoms with E-state index in [2.05, 4.69) is 24.9 Å². The van der Waals surface area contributed by atoms with Gasteiger partial charge >= 0.3 is 0 Å². The Morgan fingerprint density at radius 1 is 1.32 bits per heavy atom. The van der Waals surface area contributed by atoms with Gasteiger partial charge < -0.3 is 4.42 Å². The van der Waals surface area contributed by atoms with Crippen molar-refractivity contribution in [3.05, 3.63) is 51.5 Å². The third-order valence-electron chi connectivity index (χ3n) is 3.19. The molecule has 0 radical (unpaired) electrons. The Kier molecular flexibility index (Phi) is 3.33. The fourth-order valence-corrected chi connectivity index (χ4v) is 3.37. The number of fused-ring (bicyclic) bond motifs is 1. The molecule has 2 aromatic heterocycles. The number of hydrogen-bond donors (Lipinski definition) is 0. The summed E-state index contributed by atoms with van der Waals surface area (Å²) < 4.78 is 5.71. The molecule has 0 saturated carbocycles. The molecule has 3 aromatic rings. The molecule has 0 N–H and O–H groups in total. The lowest BCUT2D eigenvalue weighted by molar-refractivity contribution is 0.526. The number of para-hydroxylation sites is 2. The van der Waals surface area contributed by atoms with Crippen LogP contribution in [-0.4, -0.2) is 4.98 Å². The van der Waals surface area contributed by atoms with Gasteiger partial charge in [-0.3, -0.25) is 0 Å². The summed E-state index contributed by atoms with van der Waals surface area (Å²) in [7, 11) is 0. The van der Waals surface area contributed by atoms with E-state index in [1.165, 1.54) is 15.3 Å². The largest absolute Gasteiger partial charge is 0.441 e. The standard InChI is InChI=1S/C15H14ClNOS/c1-9-7-14(19-10(9)2)11(16)8-15-17-12-5-3-4-6-13(12)18-15/h3-7,11H,8H2,1-2H3. The van der Waals surface area contributed by atoms with Crippen molar-refractivity contribution in [1.82, 2.24) is 4.98 Å². The zero-order chi connectivity index (χ0) is 13.4. The fourth-order valence-electron chi connectivity index (χ4n) is 2.02. The van der Waals surface area contributed by atoms with Gasteiger partial charge in [0.1, 0.15) is 5.52 Å². The Hall–Kier alpha value is -1.32. The highest BCUT2D eigenvalue weighted by molar-refractivity contribution is 7.12. The molecule has 0 aliphatic carbocycles. The molecule has 0 aliphatic heterocycles. The first-order valence-corrected chi connectivity index (χ1v) is 7.44. The number of aryl methyl sites for hydroxylation is 2. The van der Waals surface area contributed by atoms with Crippen LogP contribution in [0.15, 0.2) is 34.7 Å². The molecule has 0 saturated heterocycles. The zero-order valence-electron chi connectivity index (χ0n) is 10.8. The van der Waals surface area contributed by atoms with Gasteiger partial charge in [-0.15, -0.1) is 22.9 Å². The van der Waals surface area contributed by atoms with Crippen molar-refractivity contribution in [1.29, 1.82) is 0 Å². The quantitative estimate of drug-likeness (QED) is 0.633. The van der Waals surface area contributed by atoms with Gasteiger partial charge in [0.2, 0.25) is 0 Å². The van der Waals surface area contributed by atoms with Crippen LogP contribution in [0.4, 0.5) is 0 Å². The van der Waals surface area contributed by atoms with Crippen molar-refractivity contribution in [3.63, 3.8) is 0 Å². The lowest BCUT2D eigenvalue weighted by atomic mass is 10.2. The number of rotatable bonds is 3. The van der Waals surface area contributed by atoms with E-state index in [-0.39, 0.29) is 5.38 Å². The summed E-state index contributed by atoms with van der Waals surface area (Å²) in [4.78, 5) is 6.96. The summed E-state index contributed by atoms with van der Waals surface area (Å²) in [5.74, 6) is 0.699. The minimum absolute atomic E-state index is 0.0783. The highest BCUT2D eigenvalue weighted by Crippen LogP contribution is 2.33. The molecule has 3 rings (SSSR count). The number of halogens is 1. The molecule has 0 aliphatic rings. The molecule has 2 heterocycles. The maximum atomic E-state index is 6.46. The Morgan fingerprint density at radius 2 is 2.11 bits per heavy atom. The van der Waals surface area contributed by atoms with Crippen LogP contribution in [0.1, 0.15) is 26.6 Å². The van der Waals surface area contributed by atoms with E-state index in [0.29, 0.717) is 12.3 Å². The smallest absolute Gasteiger partial charge is 0.197 e. The Bertz CT molecular complexity index is 663. The Morgan fingerprint density at radius 3 is 2.79 bits per heavy atom. The maximum absolute atomic E-state index is 6.46. The second-order valence-corrected chi connectivity index (χ2v) is 6.45. The molecule has 1 atom stereocenters. The van der Waals surface area contributed by atoms with E-state index in [0.717, 1.165) is 11.1 Å². The number of alkyl halides is 1. The van der Waals surface area contributed by atoms with Crippen LogP contribution in [0, 0.1) is 13.8 Å². The van der Waals surface area contributed by atoms with E-state index in [1.807, 2.05) is 24.3 Å². The van der Waals surface area contributed by atoms with Crippen LogP contribution in [0.2, 0.25) is 0 Å². The molecular weight excluding hydrogens is 278 g/mol. The second kappa shape index (κ2) is 4.99. The van der Waals surface area contributed by atoms with Crippen LogP contribution in [0.25, 0.3) is 11.1 Å². The van der Waals surface area contributed by atoms with Gasteiger partial charge in [0.15, 0.2) is 11.5 Å². The van der Waals surface area contributed by atoms with Crippen LogP contribution in [-0.2, 0) is 6.42 Å². The normalized spacial score (nSPS) is 13.0. The first-order chi connectivity index (χ1) is 9.13. The summed E-state index contributed by atoms with van der Waals surface area (Å²) in [6.45, 7) is 4.23. The van der Waals surface area contributed by atoms with Crippen LogP contribution in [0.5, 0.6) is 0 Å². The third kappa shape index (κ3) is 2.53. The first-order valence-electron chi connectivity index (χ1n) is 6.19. The monoisotopic (exact) mass is 291 g/mol. The van der Waals surface area contributed by atoms with Gasteiger partial charge in [0.05, 0.1) is 5.38 Å². The van der Waals surface area contributed by atoms with Crippen LogP contribution in [0.3, 0.4) is 0 Å². The van der Waals surface area contributed by atoms with Gasteiger partial charge in [-0.2, -0.15) is 0 Å². The summed E-state index contributed by atoms with van der Waals surface area (Å²) in [6, 6.07) is 9.93. The van der Waals surface area contributed by atoms with E-state index < -0.39 is 0 Å². The molecule has 0 bridgehead atoms. The Labute approximate surface area is 121 Å². The van der Waals surface area contributed by atoms with Crippen molar-refractivity contribution in [3.8, 4) is 0 Å². The van der Waals surface area contributed by atoms with Gasteiger partial charge in [-0.05, 0) is 37.6 Å². The first kappa shape index (κ1) is 12.7. The molecular formula is C15H14ClNOS. The fraction of sp³-hybridized carbons (Fsp3) is 0.267. The highest BCUT2D eigenvalue weighted by atomic mass is 35.5. The number of nitrogens with zero attached hydrogens (tertiary/aromatic N) is 1. The van der Waals surface area contributed by atoms with Gasteiger partial charge in [-0.25, -0.2) is 4.98 Å². The number of thiophene rings is 1. The van der Waals surface area contributed by atoms with Crippen molar-refractivity contribution in [2.24, 2.45) is 0 Å². The number of hydrogen-bond acceptors (Lipinski definition) is 3. The summed E-state index contributed by atoms with van der Waals surface area (Å²) >= 11 is 8.21. The van der Waals surface area contributed by atoms with Gasteiger partial charge in [-0.1, -0.05) is 12.1 Å². The number of benzene rings is 1. The molecule has 1 unspecified atom stereocenters. The molecule has 19 heavy (non-hydrogen) atoms. The van der Waals surface area contributed by atoms with Crippen molar-refractivity contribution < 1.29 is 4.42 Å². The number of aromatic nitrogens is 1. The average molecular weight is 292 g/mol. The molecule has 2 nitrogen and oxygen atoms in total. The minimum atomic E-state index is -0.0783. The Balaban J connectivity index is 1.84. The van der Waals surface area contributed by atoms with Crippen LogP contribution >= 0.6 is 22.9 Å². The van der Waals surface area contributed by atoms with Crippen molar-refractivity contribution in [2.45, 2.75) is 25.6 Å². The maximum Gasteiger partial charge on any atom is 0.197 e. The van der Waals surface area contributed by atoms with E-state index in [1.54, 1.807) is 11.3 Å². The SMILES string of the molecule is Cc1cc(C(Cl)Cc2nc3ccccc3o2)sc1C. The summed E-state index contributed by atoms with van der Waals surface area (Å²) in [5, 5.41) is -0.0783. The highest BCUT2D eigenvalue weighted by Gasteiger charge is 2.16. The van der Waals surface area contributed by atoms with Gasteiger partial charge in [0.25, 0.3) is 0 Å². The molecule has 0 amide bonds. The molecule has 1 aromatic carbocycles. The van der Waals surface area contributed by atoms with Crippen LogP contribution < -0.4 is 0 Å². The predicted octanol–water partition coefficient (Wildman–Crippen LogP) is 5.03. The van der Waals surface area contributed by atoms with Crippen molar-refractivity contribution in [2.75, 3.05) is 0 Å². The molecule has 4 heteroatoms. The van der Waals surface area contributed by atoms with Crippen molar-refractivity contribution >= 4 is 34.0 Å². The molecule has 0 spiro atoms. The molecule has 98 valence electrons. The zero-order valence-corrected chi connectivity index (χ0v) is 12.4. The van der Waals surface area contributed by atoms with Gasteiger partial charge in [0, 0.05) is 16.2 Å². The minimum Gasteiger partial charge on any atom is -0.441 e.